The second-order valence-electron chi connectivity index (χ2n) is 1.79. The number of hydrogen-bond acceptors (Lipinski definition) is 2. The maximum atomic E-state index is 9.31. The molecule has 82 valence electrons. The molecular weight excluding hydrogens is 343 g/mol. The van der Waals surface area contributed by atoms with E-state index in [0.29, 0.717) is 0 Å². The molecule has 0 bridgehead atoms. The van der Waals surface area contributed by atoms with Crippen molar-refractivity contribution < 1.29 is 61.1 Å². The van der Waals surface area contributed by atoms with E-state index in [-0.39, 0.29) is 41.7 Å². The standard InChI is InChI=1S/C6H5.C3H5O2.Ce.HO2P/c1-2-4-6-5-3-1;1-2-3(4)5;;1-3-2/h1-5H;2H,1H3,(H,4,5);;(H,1,2)/q2*-1;;. The average molecular weight is 354 g/mol. The molecule has 0 aromatic heterocycles. The molecule has 1 rings (SSSR count). The molecule has 0 saturated heterocycles. The summed E-state index contributed by atoms with van der Waals surface area (Å²) in [5.41, 5.74) is 0. The van der Waals surface area contributed by atoms with Gasteiger partial charge in [0.15, 0.2) is 5.97 Å². The molecule has 0 aliphatic carbocycles. The molecule has 0 aliphatic heterocycles. The number of benzene rings is 1. The molecule has 0 unspecified atom stereocenters. The quantitative estimate of drug-likeness (QED) is 0.597. The smallest absolute Gasteiger partial charge is 0.324 e. The molecule has 15 heavy (non-hydrogen) atoms. The number of carbonyl (C=O) groups is 1. The molecule has 4 nitrogen and oxygen atoms in total. The molecule has 0 atom stereocenters. The van der Waals surface area contributed by atoms with Crippen LogP contribution in [0.1, 0.15) is 6.92 Å². The first-order valence-corrected chi connectivity index (χ1v) is 4.35. The van der Waals surface area contributed by atoms with Gasteiger partial charge in [-0.05, 0) is 0 Å². The molecule has 0 heterocycles. The van der Waals surface area contributed by atoms with Crippen molar-refractivity contribution in [3.8, 4) is 0 Å². The maximum absolute atomic E-state index is 9.31. The summed E-state index contributed by atoms with van der Waals surface area (Å²) in [6.45, 7) is 1.47. The summed E-state index contributed by atoms with van der Waals surface area (Å²) >= 11 is 0. The van der Waals surface area contributed by atoms with E-state index in [1.807, 2.05) is 30.3 Å². The molecule has 0 aliphatic rings. The van der Waals surface area contributed by atoms with Crippen molar-refractivity contribution in [1.82, 2.24) is 0 Å². The van der Waals surface area contributed by atoms with Gasteiger partial charge in [-0.3, -0.25) is 11.2 Å². The van der Waals surface area contributed by atoms with Gasteiger partial charge in [-0.2, -0.15) is 43.3 Å². The van der Waals surface area contributed by atoms with Crippen LogP contribution in [0.15, 0.2) is 30.3 Å². The largest absolute Gasteiger partial charge is 0.503 e. The van der Waals surface area contributed by atoms with Crippen LogP contribution >= 0.6 is 8.69 Å². The Morgan fingerprint density at radius 1 is 1.33 bits per heavy atom. The number of carboxylic acid groups (broad SMARTS) is 1. The molecule has 2 N–H and O–H groups in total. The van der Waals surface area contributed by atoms with Crippen molar-refractivity contribution in [2.24, 2.45) is 0 Å². The van der Waals surface area contributed by atoms with Crippen LogP contribution in [0.25, 0.3) is 0 Å². The van der Waals surface area contributed by atoms with Crippen molar-refractivity contribution >= 4 is 14.7 Å². The average Bonchev–Trinajstić information content (AvgIpc) is 2.22. The van der Waals surface area contributed by atoms with E-state index in [1.54, 1.807) is 0 Å². The van der Waals surface area contributed by atoms with Gasteiger partial charge in [-0.25, -0.2) is 4.57 Å². The van der Waals surface area contributed by atoms with Crippen molar-refractivity contribution in [3.05, 3.63) is 42.8 Å². The van der Waals surface area contributed by atoms with Crippen LogP contribution in [0, 0.1) is 54.2 Å². The Balaban J connectivity index is -0.000000148. The van der Waals surface area contributed by atoms with Crippen molar-refractivity contribution in [2.75, 3.05) is 0 Å². The molecular formula is C9H11CeO4P-2. The van der Waals surface area contributed by atoms with Crippen LogP contribution in [0.2, 0.25) is 0 Å². The van der Waals surface area contributed by atoms with Crippen molar-refractivity contribution in [1.29, 1.82) is 0 Å². The van der Waals surface area contributed by atoms with E-state index >= 15 is 0 Å². The monoisotopic (exact) mass is 354 g/mol. The Hall–Kier alpha value is -0.00338. The molecule has 1 aromatic carbocycles. The first kappa shape index (κ1) is 20.4. The fraction of sp³-hybridized carbons (Fsp3) is 0.111. The van der Waals surface area contributed by atoms with Gasteiger partial charge in [0, 0.05) is 41.7 Å². The van der Waals surface area contributed by atoms with E-state index in [0.717, 1.165) is 6.42 Å². The predicted molar refractivity (Wildman–Crippen MR) is 52.7 cm³/mol. The fourth-order valence-electron chi connectivity index (χ4n) is 0.342. The van der Waals surface area contributed by atoms with Gasteiger partial charge in [0.05, 0.1) is 0 Å². The van der Waals surface area contributed by atoms with Crippen LogP contribution in [0.4, 0.5) is 0 Å². The second-order valence-corrected chi connectivity index (χ2v) is 1.95. The van der Waals surface area contributed by atoms with E-state index in [4.69, 9.17) is 14.6 Å². The molecule has 0 radical (unpaired) electrons. The molecule has 0 fully saturated rings. The van der Waals surface area contributed by atoms with Crippen molar-refractivity contribution in [3.63, 3.8) is 0 Å². The predicted octanol–water partition coefficient (Wildman–Crippen LogP) is 1.97. The summed E-state index contributed by atoms with van der Waals surface area (Å²) in [6.07, 6.45) is 1.08. The summed E-state index contributed by atoms with van der Waals surface area (Å²) < 4.78 is 8.46. The van der Waals surface area contributed by atoms with Crippen LogP contribution in [-0.4, -0.2) is 16.0 Å². The minimum Gasteiger partial charge on any atom is -0.503 e. The first-order chi connectivity index (χ1) is 6.68. The third-order valence-electron chi connectivity index (χ3n) is 0.854. The number of aliphatic carboxylic acids is 1. The topological polar surface area (TPSA) is 74.6 Å². The number of rotatable bonds is 1. The molecule has 0 amide bonds. The normalized spacial score (nSPS) is 6.80. The minimum atomic E-state index is -0.870. The first-order valence-electron chi connectivity index (χ1n) is 3.59. The Kier molecular flexibility index (Phi) is 26.6. The summed E-state index contributed by atoms with van der Waals surface area (Å²) in [5, 5.41) is 7.67. The zero-order valence-corrected chi connectivity index (χ0v) is 12.2. The van der Waals surface area contributed by atoms with Gasteiger partial charge in [0.2, 0.25) is 0 Å². The number of carboxylic acids is 1. The van der Waals surface area contributed by atoms with Crippen LogP contribution in [0.5, 0.6) is 0 Å². The Morgan fingerprint density at radius 2 is 1.67 bits per heavy atom. The van der Waals surface area contributed by atoms with Crippen LogP contribution in [0.3, 0.4) is 0 Å². The third kappa shape index (κ3) is 31.5. The van der Waals surface area contributed by atoms with Crippen molar-refractivity contribution in [2.45, 2.75) is 6.92 Å². The van der Waals surface area contributed by atoms with E-state index in [9.17, 15) is 4.79 Å². The zero-order valence-electron chi connectivity index (χ0n) is 8.12. The summed E-state index contributed by atoms with van der Waals surface area (Å²) in [6, 6.07) is 12.5. The third-order valence-corrected chi connectivity index (χ3v) is 0.854. The van der Waals surface area contributed by atoms with Gasteiger partial charge in [0.25, 0.3) is 0 Å². The van der Waals surface area contributed by atoms with E-state index in [2.05, 4.69) is 6.07 Å². The minimum absolute atomic E-state index is 0. The molecule has 6 heteroatoms. The Morgan fingerprint density at radius 3 is 1.73 bits per heavy atom. The Bertz CT molecular complexity index is 204. The van der Waals surface area contributed by atoms with Crippen LogP contribution < -0.4 is 0 Å². The fourth-order valence-corrected chi connectivity index (χ4v) is 0.342. The van der Waals surface area contributed by atoms with Gasteiger partial charge >= 0.3 is 8.69 Å². The second kappa shape index (κ2) is 19.6. The summed E-state index contributed by atoms with van der Waals surface area (Å²) in [7, 11) is -0.833. The van der Waals surface area contributed by atoms with Gasteiger partial charge < -0.3 is 10.00 Å². The van der Waals surface area contributed by atoms with Gasteiger partial charge in [-0.15, -0.1) is 0 Å². The Labute approximate surface area is 124 Å². The van der Waals surface area contributed by atoms with Gasteiger partial charge in [0.1, 0.15) is 0 Å². The van der Waals surface area contributed by atoms with Crippen LogP contribution in [-0.2, 0) is 9.36 Å². The van der Waals surface area contributed by atoms with Gasteiger partial charge in [-0.1, -0.05) is 0 Å². The maximum Gasteiger partial charge on any atom is 0.324 e. The molecule has 0 spiro atoms. The molecule has 1 aromatic rings. The van der Waals surface area contributed by atoms with E-state index in [1.165, 1.54) is 6.92 Å². The number of hydrogen-bond donors (Lipinski definition) is 2. The molecule has 0 saturated carbocycles. The SMILES string of the molecule is C[CH-]C(=O)O.O=PO.[Ce].[c-]1ccccc1. The summed E-state index contributed by atoms with van der Waals surface area (Å²) in [4.78, 5) is 16.3. The zero-order chi connectivity index (χ0) is 11.2. The summed E-state index contributed by atoms with van der Waals surface area (Å²) in [5.74, 6) is -0.870. The van der Waals surface area contributed by atoms with E-state index < -0.39 is 14.7 Å².